The predicted octanol–water partition coefficient (Wildman–Crippen LogP) is 4.07. The van der Waals surface area contributed by atoms with Crippen molar-refractivity contribution >= 4 is 46.0 Å². The molecule has 0 aromatic heterocycles. The number of rotatable bonds is 4. The summed E-state index contributed by atoms with van der Waals surface area (Å²) >= 11 is 10.9. The Kier molecular flexibility index (Phi) is 5.13. The van der Waals surface area contributed by atoms with Gasteiger partial charge in [0.1, 0.15) is 11.4 Å². The summed E-state index contributed by atoms with van der Waals surface area (Å²) < 4.78 is 4.98. The zero-order valence-corrected chi connectivity index (χ0v) is 13.1. The molecule has 0 unspecified atom stereocenters. The molecule has 0 saturated heterocycles. The van der Waals surface area contributed by atoms with Gasteiger partial charge in [0.2, 0.25) is 0 Å². The van der Waals surface area contributed by atoms with Crippen LogP contribution in [-0.2, 0) is 0 Å². The molecular weight excluding hydrogens is 326 g/mol. The summed E-state index contributed by atoms with van der Waals surface area (Å²) in [7, 11) is 1.44. The molecule has 0 heterocycles. The van der Waals surface area contributed by atoms with Gasteiger partial charge in [0, 0.05) is 10.7 Å². The van der Waals surface area contributed by atoms with E-state index in [0.29, 0.717) is 10.8 Å². The molecule has 0 fully saturated rings. The van der Waals surface area contributed by atoms with Gasteiger partial charge in [-0.1, -0.05) is 11.6 Å². The second kappa shape index (κ2) is 7.06. The minimum absolute atomic E-state index is 0.125. The van der Waals surface area contributed by atoms with E-state index in [9.17, 15) is 10.1 Å². The van der Waals surface area contributed by atoms with Crippen LogP contribution in [0.4, 0.5) is 17.1 Å². The van der Waals surface area contributed by atoms with Gasteiger partial charge >= 0.3 is 0 Å². The van der Waals surface area contributed by atoms with Crippen molar-refractivity contribution in [1.82, 2.24) is 0 Å². The molecule has 2 rings (SSSR count). The van der Waals surface area contributed by atoms with Crippen molar-refractivity contribution in [3.8, 4) is 5.75 Å². The van der Waals surface area contributed by atoms with E-state index in [1.54, 1.807) is 30.3 Å². The maximum Gasteiger partial charge on any atom is 0.296 e. The summed E-state index contributed by atoms with van der Waals surface area (Å²) in [6.07, 6.45) is 0. The molecule has 0 saturated carbocycles. The summed E-state index contributed by atoms with van der Waals surface area (Å²) in [6, 6.07) is 11.4. The molecule has 2 aromatic carbocycles. The van der Waals surface area contributed by atoms with E-state index in [1.165, 1.54) is 19.2 Å². The molecule has 0 aliphatic rings. The largest absolute Gasteiger partial charge is 0.496 e. The highest BCUT2D eigenvalue weighted by Crippen LogP contribution is 2.29. The van der Waals surface area contributed by atoms with Crippen molar-refractivity contribution in [2.75, 3.05) is 17.7 Å². The van der Waals surface area contributed by atoms with Gasteiger partial charge in [-0.2, -0.15) is 0 Å². The Balaban J connectivity index is 2.14. The first-order valence-electron chi connectivity index (χ1n) is 6.15. The lowest BCUT2D eigenvalue weighted by molar-refractivity contribution is -0.384. The van der Waals surface area contributed by atoms with Crippen LogP contribution in [0.1, 0.15) is 0 Å². The third-order valence-electron chi connectivity index (χ3n) is 2.75. The van der Waals surface area contributed by atoms with E-state index in [1.807, 2.05) is 0 Å². The molecule has 0 atom stereocenters. The Morgan fingerprint density at radius 1 is 1.23 bits per heavy atom. The van der Waals surface area contributed by atoms with Crippen LogP contribution in [0.2, 0.25) is 5.02 Å². The van der Waals surface area contributed by atoms with Gasteiger partial charge in [-0.3, -0.25) is 10.1 Å². The SMILES string of the molecule is COc1ccc(NC(=S)Nc2ccc(Cl)cc2)c([N+](=O)[O-])c1. The first kappa shape index (κ1) is 16.0. The molecular formula is C14H12ClN3O3S. The molecule has 0 spiro atoms. The van der Waals surface area contributed by atoms with Crippen molar-refractivity contribution in [1.29, 1.82) is 0 Å². The molecule has 0 aliphatic heterocycles. The highest BCUT2D eigenvalue weighted by Gasteiger charge is 2.16. The Morgan fingerprint density at radius 2 is 1.91 bits per heavy atom. The maximum absolute atomic E-state index is 11.1. The first-order chi connectivity index (χ1) is 10.5. The molecule has 0 bridgehead atoms. The first-order valence-corrected chi connectivity index (χ1v) is 6.94. The standard InChI is InChI=1S/C14H12ClN3O3S/c1-21-11-6-7-12(13(8-11)18(19)20)17-14(22)16-10-4-2-9(15)3-5-10/h2-8H,1H3,(H2,16,17,22). The molecule has 22 heavy (non-hydrogen) atoms. The zero-order chi connectivity index (χ0) is 16.1. The van der Waals surface area contributed by atoms with Crippen LogP contribution in [0.3, 0.4) is 0 Å². The number of anilines is 2. The van der Waals surface area contributed by atoms with Crippen molar-refractivity contribution in [3.05, 3.63) is 57.6 Å². The summed E-state index contributed by atoms with van der Waals surface area (Å²) in [6.45, 7) is 0. The van der Waals surface area contributed by atoms with Crippen molar-refractivity contribution in [3.63, 3.8) is 0 Å². The number of halogens is 1. The van der Waals surface area contributed by atoms with Crippen molar-refractivity contribution in [2.45, 2.75) is 0 Å². The van der Waals surface area contributed by atoms with Crippen molar-refractivity contribution < 1.29 is 9.66 Å². The fraction of sp³-hybridized carbons (Fsp3) is 0.0714. The number of thiocarbonyl (C=S) groups is 1. The van der Waals surface area contributed by atoms with E-state index in [0.717, 1.165) is 5.69 Å². The van der Waals surface area contributed by atoms with E-state index >= 15 is 0 Å². The van der Waals surface area contributed by atoms with E-state index in [2.05, 4.69) is 10.6 Å². The smallest absolute Gasteiger partial charge is 0.296 e. The third-order valence-corrected chi connectivity index (χ3v) is 3.21. The van der Waals surface area contributed by atoms with E-state index in [-0.39, 0.29) is 16.5 Å². The molecule has 2 N–H and O–H groups in total. The Hall–Kier alpha value is -2.38. The van der Waals surface area contributed by atoms with Crippen LogP contribution in [-0.4, -0.2) is 17.1 Å². The lowest BCUT2D eigenvalue weighted by atomic mass is 10.2. The van der Waals surface area contributed by atoms with Crippen LogP contribution in [0.5, 0.6) is 5.75 Å². The minimum atomic E-state index is -0.504. The number of hydrogen-bond donors (Lipinski definition) is 2. The summed E-state index contributed by atoms with van der Waals surface area (Å²) in [5.41, 5.74) is 0.870. The minimum Gasteiger partial charge on any atom is -0.496 e. The van der Waals surface area contributed by atoms with Crippen LogP contribution in [0.25, 0.3) is 0 Å². The lowest BCUT2D eigenvalue weighted by Gasteiger charge is -2.11. The van der Waals surface area contributed by atoms with Gasteiger partial charge in [-0.25, -0.2) is 0 Å². The van der Waals surface area contributed by atoms with Crippen LogP contribution >= 0.6 is 23.8 Å². The molecule has 0 amide bonds. The summed E-state index contributed by atoms with van der Waals surface area (Å²) in [5, 5.41) is 17.7. The molecule has 8 heteroatoms. The van der Waals surface area contributed by atoms with E-state index < -0.39 is 4.92 Å². The fourth-order valence-electron chi connectivity index (χ4n) is 1.71. The van der Waals surface area contributed by atoms with Gasteiger partial charge in [-0.05, 0) is 48.6 Å². The van der Waals surface area contributed by atoms with Crippen LogP contribution in [0, 0.1) is 10.1 Å². The Morgan fingerprint density at radius 3 is 2.50 bits per heavy atom. The average molecular weight is 338 g/mol. The second-order valence-electron chi connectivity index (χ2n) is 4.23. The second-order valence-corrected chi connectivity index (χ2v) is 5.07. The third kappa shape index (κ3) is 4.06. The number of nitro benzene ring substituents is 1. The fourth-order valence-corrected chi connectivity index (χ4v) is 2.07. The Bertz CT molecular complexity index is 707. The normalized spacial score (nSPS) is 9.91. The lowest BCUT2D eigenvalue weighted by Crippen LogP contribution is -2.19. The predicted molar refractivity (Wildman–Crippen MR) is 90.9 cm³/mol. The maximum atomic E-state index is 11.1. The van der Waals surface area contributed by atoms with E-state index in [4.69, 9.17) is 28.6 Å². The van der Waals surface area contributed by atoms with Gasteiger partial charge in [0.25, 0.3) is 5.69 Å². The van der Waals surface area contributed by atoms with Gasteiger partial charge in [0.15, 0.2) is 5.11 Å². The van der Waals surface area contributed by atoms with Gasteiger partial charge in [-0.15, -0.1) is 0 Å². The summed E-state index contributed by atoms with van der Waals surface area (Å²) in [4.78, 5) is 10.6. The molecule has 2 aromatic rings. The highest BCUT2D eigenvalue weighted by atomic mass is 35.5. The topological polar surface area (TPSA) is 76.4 Å². The summed E-state index contributed by atoms with van der Waals surface area (Å²) in [5.74, 6) is 0.397. The number of nitrogens with zero attached hydrogens (tertiary/aromatic N) is 1. The average Bonchev–Trinajstić information content (AvgIpc) is 2.49. The quantitative estimate of drug-likeness (QED) is 0.497. The molecule has 0 radical (unpaired) electrons. The van der Waals surface area contributed by atoms with Gasteiger partial charge in [0.05, 0.1) is 18.1 Å². The molecule has 6 nitrogen and oxygen atoms in total. The highest BCUT2D eigenvalue weighted by molar-refractivity contribution is 7.80. The van der Waals surface area contributed by atoms with Gasteiger partial charge < -0.3 is 15.4 Å². The number of nitro groups is 1. The molecule has 114 valence electrons. The Labute approximate surface area is 137 Å². The zero-order valence-electron chi connectivity index (χ0n) is 11.5. The molecule has 0 aliphatic carbocycles. The monoisotopic (exact) mass is 337 g/mol. The number of benzene rings is 2. The van der Waals surface area contributed by atoms with Crippen molar-refractivity contribution in [2.24, 2.45) is 0 Å². The number of ether oxygens (including phenoxy) is 1. The van der Waals surface area contributed by atoms with Crippen LogP contribution in [0.15, 0.2) is 42.5 Å². The number of methoxy groups -OCH3 is 1. The number of hydrogen-bond acceptors (Lipinski definition) is 4. The number of nitrogens with one attached hydrogen (secondary N) is 2. The van der Waals surface area contributed by atoms with Crippen LogP contribution < -0.4 is 15.4 Å².